The molecule has 1 aromatic carbocycles. The average Bonchev–Trinajstić information content (AvgIpc) is 2.42. The number of benzene rings is 1. The SMILES string of the molecule is Nc1cnc(Cl)c(C(=O)NCc2cc(F)ccc2F)c1. The van der Waals surface area contributed by atoms with Gasteiger partial charge in [0.25, 0.3) is 5.91 Å². The maximum absolute atomic E-state index is 13.4. The van der Waals surface area contributed by atoms with Gasteiger partial charge in [0.1, 0.15) is 16.8 Å². The van der Waals surface area contributed by atoms with E-state index in [4.69, 9.17) is 17.3 Å². The molecular weight excluding hydrogens is 288 g/mol. The van der Waals surface area contributed by atoms with E-state index in [9.17, 15) is 13.6 Å². The molecule has 2 rings (SSSR count). The molecule has 0 radical (unpaired) electrons. The fourth-order valence-corrected chi connectivity index (χ4v) is 1.76. The normalized spacial score (nSPS) is 10.3. The van der Waals surface area contributed by atoms with Crippen LogP contribution in [0.15, 0.2) is 30.5 Å². The van der Waals surface area contributed by atoms with E-state index in [1.165, 1.54) is 12.3 Å². The van der Waals surface area contributed by atoms with Crippen molar-refractivity contribution in [1.82, 2.24) is 10.3 Å². The van der Waals surface area contributed by atoms with Gasteiger partial charge in [-0.2, -0.15) is 0 Å². The molecule has 4 nitrogen and oxygen atoms in total. The summed E-state index contributed by atoms with van der Waals surface area (Å²) in [4.78, 5) is 15.6. The number of hydrogen-bond donors (Lipinski definition) is 2. The van der Waals surface area contributed by atoms with Gasteiger partial charge in [-0.3, -0.25) is 4.79 Å². The number of carbonyl (C=O) groups excluding carboxylic acids is 1. The minimum Gasteiger partial charge on any atom is -0.397 e. The van der Waals surface area contributed by atoms with Gasteiger partial charge in [0.15, 0.2) is 0 Å². The molecule has 0 fully saturated rings. The molecule has 20 heavy (non-hydrogen) atoms. The van der Waals surface area contributed by atoms with Crippen LogP contribution in [0, 0.1) is 11.6 Å². The summed E-state index contributed by atoms with van der Waals surface area (Å²) >= 11 is 5.77. The summed E-state index contributed by atoms with van der Waals surface area (Å²) in [5.74, 6) is -1.76. The van der Waals surface area contributed by atoms with Gasteiger partial charge in [0.05, 0.1) is 17.4 Å². The molecule has 0 aliphatic rings. The largest absolute Gasteiger partial charge is 0.397 e. The number of nitrogens with two attached hydrogens (primary N) is 1. The number of halogens is 3. The number of nitrogen functional groups attached to an aromatic ring is 1. The molecule has 0 spiro atoms. The number of hydrogen-bond acceptors (Lipinski definition) is 3. The predicted octanol–water partition coefficient (Wildman–Crippen LogP) is 2.53. The molecule has 104 valence electrons. The van der Waals surface area contributed by atoms with Crippen LogP contribution in [0.4, 0.5) is 14.5 Å². The second-order valence-electron chi connectivity index (χ2n) is 4.03. The molecule has 0 bridgehead atoms. The summed E-state index contributed by atoms with van der Waals surface area (Å²) in [6.07, 6.45) is 1.31. The Morgan fingerprint density at radius 2 is 2.10 bits per heavy atom. The highest BCUT2D eigenvalue weighted by molar-refractivity contribution is 6.32. The van der Waals surface area contributed by atoms with Gasteiger partial charge in [-0.25, -0.2) is 13.8 Å². The Balaban J connectivity index is 2.12. The van der Waals surface area contributed by atoms with Crippen LogP contribution in [0.2, 0.25) is 5.15 Å². The maximum atomic E-state index is 13.4. The number of rotatable bonds is 3. The summed E-state index contributed by atoms with van der Waals surface area (Å²) in [5.41, 5.74) is 5.89. The lowest BCUT2D eigenvalue weighted by Crippen LogP contribution is -2.24. The van der Waals surface area contributed by atoms with Crippen molar-refractivity contribution in [2.75, 3.05) is 5.73 Å². The zero-order chi connectivity index (χ0) is 14.7. The Hall–Kier alpha value is -2.21. The number of carbonyl (C=O) groups is 1. The van der Waals surface area contributed by atoms with Crippen LogP contribution < -0.4 is 11.1 Å². The van der Waals surface area contributed by atoms with Gasteiger partial charge in [0, 0.05) is 12.1 Å². The summed E-state index contributed by atoms with van der Waals surface area (Å²) in [6.45, 7) is -0.173. The summed E-state index contributed by atoms with van der Waals surface area (Å²) in [5, 5.41) is 2.41. The smallest absolute Gasteiger partial charge is 0.254 e. The molecule has 0 saturated carbocycles. The minimum absolute atomic E-state index is 0.0172. The number of amides is 1. The number of nitrogens with zero attached hydrogens (tertiary/aromatic N) is 1. The van der Waals surface area contributed by atoms with Crippen LogP contribution >= 0.6 is 11.6 Å². The Morgan fingerprint density at radius 3 is 2.85 bits per heavy atom. The summed E-state index contributed by atoms with van der Waals surface area (Å²) in [7, 11) is 0. The monoisotopic (exact) mass is 297 g/mol. The highest BCUT2D eigenvalue weighted by atomic mass is 35.5. The van der Waals surface area contributed by atoms with Crippen LogP contribution in [0.5, 0.6) is 0 Å². The summed E-state index contributed by atoms with van der Waals surface area (Å²) < 4.78 is 26.4. The Kier molecular flexibility index (Phi) is 4.14. The van der Waals surface area contributed by atoms with Gasteiger partial charge < -0.3 is 11.1 Å². The Morgan fingerprint density at radius 1 is 1.35 bits per heavy atom. The first-order valence-electron chi connectivity index (χ1n) is 5.60. The fraction of sp³-hybridized carbons (Fsp3) is 0.0769. The highest BCUT2D eigenvalue weighted by Crippen LogP contribution is 2.16. The topological polar surface area (TPSA) is 68.0 Å². The van der Waals surface area contributed by atoms with Crippen LogP contribution in [0.1, 0.15) is 15.9 Å². The molecular formula is C13H10ClF2N3O. The van der Waals surface area contributed by atoms with E-state index < -0.39 is 17.5 Å². The molecule has 1 heterocycles. The van der Waals surface area contributed by atoms with Crippen molar-refractivity contribution in [3.8, 4) is 0 Å². The van der Waals surface area contributed by atoms with E-state index in [2.05, 4.69) is 10.3 Å². The molecule has 2 aromatic rings. The zero-order valence-electron chi connectivity index (χ0n) is 10.2. The van der Waals surface area contributed by atoms with Crippen molar-refractivity contribution in [2.24, 2.45) is 0 Å². The van der Waals surface area contributed by atoms with Crippen molar-refractivity contribution in [3.05, 3.63) is 58.4 Å². The fourth-order valence-electron chi connectivity index (χ4n) is 1.57. The maximum Gasteiger partial charge on any atom is 0.254 e. The zero-order valence-corrected chi connectivity index (χ0v) is 10.9. The summed E-state index contributed by atoms with van der Waals surface area (Å²) in [6, 6.07) is 4.35. The number of nitrogens with one attached hydrogen (secondary N) is 1. The molecule has 0 atom stereocenters. The van der Waals surface area contributed by atoms with Crippen LogP contribution in [0.25, 0.3) is 0 Å². The highest BCUT2D eigenvalue weighted by Gasteiger charge is 2.13. The molecule has 7 heteroatoms. The van der Waals surface area contributed by atoms with Crippen LogP contribution in [0.3, 0.4) is 0 Å². The van der Waals surface area contributed by atoms with Crippen molar-refractivity contribution in [3.63, 3.8) is 0 Å². The van der Waals surface area contributed by atoms with E-state index in [0.29, 0.717) is 0 Å². The minimum atomic E-state index is -0.608. The molecule has 1 amide bonds. The number of pyridine rings is 1. The molecule has 0 unspecified atom stereocenters. The molecule has 1 aromatic heterocycles. The third kappa shape index (κ3) is 3.21. The third-order valence-corrected chi connectivity index (χ3v) is 2.85. The molecule has 0 aliphatic carbocycles. The van der Waals surface area contributed by atoms with E-state index >= 15 is 0 Å². The quantitative estimate of drug-likeness (QED) is 0.856. The lowest BCUT2D eigenvalue weighted by Gasteiger charge is -2.08. The van der Waals surface area contributed by atoms with Gasteiger partial charge in [0.2, 0.25) is 0 Å². The predicted molar refractivity (Wildman–Crippen MR) is 71.2 cm³/mol. The van der Waals surface area contributed by atoms with Crippen molar-refractivity contribution in [2.45, 2.75) is 6.54 Å². The van der Waals surface area contributed by atoms with Crippen LogP contribution in [-0.4, -0.2) is 10.9 Å². The molecule has 3 N–H and O–H groups in total. The standard InChI is InChI=1S/C13H10ClF2N3O/c14-12-10(4-9(17)6-18-12)13(20)19-5-7-3-8(15)1-2-11(7)16/h1-4,6H,5,17H2,(H,19,20). The van der Waals surface area contributed by atoms with Crippen LogP contribution in [-0.2, 0) is 6.54 Å². The van der Waals surface area contributed by atoms with Gasteiger partial charge in [-0.15, -0.1) is 0 Å². The van der Waals surface area contributed by atoms with Gasteiger partial charge >= 0.3 is 0 Å². The average molecular weight is 298 g/mol. The first-order chi connectivity index (χ1) is 9.47. The van der Waals surface area contributed by atoms with E-state index in [0.717, 1.165) is 18.2 Å². The van der Waals surface area contributed by atoms with Crippen molar-refractivity contribution < 1.29 is 13.6 Å². The van der Waals surface area contributed by atoms with Crippen molar-refractivity contribution in [1.29, 1.82) is 0 Å². The number of aromatic nitrogens is 1. The number of anilines is 1. The Bertz CT molecular complexity index is 664. The second kappa shape index (κ2) is 5.83. The van der Waals surface area contributed by atoms with E-state index in [1.54, 1.807) is 0 Å². The first kappa shape index (κ1) is 14.2. The van der Waals surface area contributed by atoms with Gasteiger partial charge in [-0.05, 0) is 24.3 Å². The van der Waals surface area contributed by atoms with Crippen molar-refractivity contribution >= 4 is 23.2 Å². The third-order valence-electron chi connectivity index (χ3n) is 2.55. The Labute approximate surface area is 118 Å². The first-order valence-corrected chi connectivity index (χ1v) is 5.98. The second-order valence-corrected chi connectivity index (χ2v) is 4.38. The molecule has 0 saturated heterocycles. The lowest BCUT2D eigenvalue weighted by atomic mass is 10.2. The van der Waals surface area contributed by atoms with Gasteiger partial charge in [-0.1, -0.05) is 11.6 Å². The van der Waals surface area contributed by atoms with E-state index in [-0.39, 0.29) is 28.5 Å². The lowest BCUT2D eigenvalue weighted by molar-refractivity contribution is 0.0950. The van der Waals surface area contributed by atoms with E-state index in [1.807, 2.05) is 0 Å². The molecule has 0 aliphatic heterocycles.